The Morgan fingerprint density at radius 2 is 1.84 bits per heavy atom. The van der Waals surface area contributed by atoms with Gasteiger partial charge in [0, 0.05) is 51.3 Å². The van der Waals surface area contributed by atoms with Crippen LogP contribution in [0.5, 0.6) is 0 Å². The molecular formula is C20H27N3O2. The Morgan fingerprint density at radius 3 is 2.76 bits per heavy atom. The Morgan fingerprint density at radius 1 is 0.960 bits per heavy atom. The van der Waals surface area contributed by atoms with E-state index in [4.69, 9.17) is 14.5 Å². The third-order valence-electron chi connectivity index (χ3n) is 5.04. The Balaban J connectivity index is 1.39. The third-order valence-corrected chi connectivity index (χ3v) is 5.04. The Kier molecular flexibility index (Phi) is 5.57. The van der Waals surface area contributed by atoms with Crippen molar-refractivity contribution in [2.45, 2.75) is 19.1 Å². The first-order valence-electron chi connectivity index (χ1n) is 9.35. The average molecular weight is 341 g/mol. The molecule has 0 aliphatic carbocycles. The molecule has 3 heterocycles. The Hall–Kier alpha value is -1.53. The van der Waals surface area contributed by atoms with Crippen molar-refractivity contribution < 1.29 is 9.47 Å². The fraction of sp³-hybridized carbons (Fsp3) is 0.550. The summed E-state index contributed by atoms with van der Waals surface area (Å²) in [6, 6.07) is 12.7. The van der Waals surface area contributed by atoms with Crippen LogP contribution in [0.15, 0.2) is 36.4 Å². The predicted molar refractivity (Wildman–Crippen MR) is 98.6 cm³/mol. The van der Waals surface area contributed by atoms with Crippen molar-refractivity contribution in [2.75, 3.05) is 52.5 Å². The minimum Gasteiger partial charge on any atom is -0.379 e. The van der Waals surface area contributed by atoms with E-state index in [1.54, 1.807) is 0 Å². The fourth-order valence-corrected chi connectivity index (χ4v) is 3.72. The summed E-state index contributed by atoms with van der Waals surface area (Å²) in [5.41, 5.74) is 2.22. The summed E-state index contributed by atoms with van der Waals surface area (Å²) in [4.78, 5) is 9.79. The SMILES string of the molecule is c1ccc2nc(CN3CCCO[C@H](CN4CCOCC4)C3)ccc2c1. The zero-order valence-corrected chi connectivity index (χ0v) is 14.8. The van der Waals surface area contributed by atoms with E-state index in [9.17, 15) is 0 Å². The number of pyridine rings is 1. The van der Waals surface area contributed by atoms with Gasteiger partial charge < -0.3 is 9.47 Å². The highest BCUT2D eigenvalue weighted by atomic mass is 16.5. The van der Waals surface area contributed by atoms with Crippen molar-refractivity contribution in [1.82, 2.24) is 14.8 Å². The topological polar surface area (TPSA) is 37.8 Å². The van der Waals surface area contributed by atoms with E-state index in [0.717, 1.165) is 76.7 Å². The smallest absolute Gasteiger partial charge is 0.0828 e. The monoisotopic (exact) mass is 341 g/mol. The molecule has 5 nitrogen and oxygen atoms in total. The molecule has 0 bridgehead atoms. The molecule has 2 aromatic rings. The van der Waals surface area contributed by atoms with Crippen molar-refractivity contribution >= 4 is 10.9 Å². The molecule has 5 heteroatoms. The summed E-state index contributed by atoms with van der Waals surface area (Å²) >= 11 is 0. The van der Waals surface area contributed by atoms with Crippen LogP contribution in [0.3, 0.4) is 0 Å². The molecule has 0 radical (unpaired) electrons. The molecular weight excluding hydrogens is 314 g/mol. The number of nitrogens with zero attached hydrogens (tertiary/aromatic N) is 3. The van der Waals surface area contributed by atoms with Gasteiger partial charge in [0.25, 0.3) is 0 Å². The molecule has 0 unspecified atom stereocenters. The number of para-hydroxylation sites is 1. The Labute approximate surface area is 149 Å². The van der Waals surface area contributed by atoms with Gasteiger partial charge in [-0.25, -0.2) is 0 Å². The van der Waals surface area contributed by atoms with E-state index in [-0.39, 0.29) is 6.10 Å². The molecule has 2 saturated heterocycles. The predicted octanol–water partition coefficient (Wildman–Crippen LogP) is 2.16. The normalized spacial score (nSPS) is 23.6. The number of rotatable bonds is 4. The highest BCUT2D eigenvalue weighted by Crippen LogP contribution is 2.15. The molecule has 1 atom stereocenters. The molecule has 0 spiro atoms. The molecule has 1 aromatic carbocycles. The quantitative estimate of drug-likeness (QED) is 0.852. The number of hydrogen-bond donors (Lipinski definition) is 0. The fourth-order valence-electron chi connectivity index (χ4n) is 3.72. The Bertz CT molecular complexity index is 687. The van der Waals surface area contributed by atoms with Gasteiger partial charge in [-0.05, 0) is 18.6 Å². The lowest BCUT2D eigenvalue weighted by Gasteiger charge is -2.31. The second-order valence-corrected chi connectivity index (χ2v) is 6.99. The van der Waals surface area contributed by atoms with Gasteiger partial charge in [0.05, 0.1) is 30.5 Å². The summed E-state index contributed by atoms with van der Waals surface area (Å²) in [5, 5.41) is 1.20. The maximum absolute atomic E-state index is 6.10. The maximum Gasteiger partial charge on any atom is 0.0828 e. The minimum absolute atomic E-state index is 0.279. The highest BCUT2D eigenvalue weighted by molar-refractivity contribution is 5.78. The van der Waals surface area contributed by atoms with Gasteiger partial charge in [0.2, 0.25) is 0 Å². The summed E-state index contributed by atoms with van der Waals surface area (Å²) in [6.07, 6.45) is 1.37. The molecule has 25 heavy (non-hydrogen) atoms. The summed E-state index contributed by atoms with van der Waals surface area (Å²) < 4.78 is 11.5. The van der Waals surface area contributed by atoms with E-state index in [1.165, 1.54) is 5.39 Å². The number of hydrogen-bond acceptors (Lipinski definition) is 5. The van der Waals surface area contributed by atoms with Gasteiger partial charge in [-0.1, -0.05) is 24.3 Å². The lowest BCUT2D eigenvalue weighted by Crippen LogP contribution is -2.44. The lowest BCUT2D eigenvalue weighted by atomic mass is 10.2. The standard InChI is InChI=1S/C20H27N3O2/c1-2-5-20-17(4-1)6-7-18(21-20)14-23-8-3-11-25-19(16-23)15-22-9-12-24-13-10-22/h1-2,4-7,19H,3,8-16H2/t19-/m1/s1. The molecule has 134 valence electrons. The number of fused-ring (bicyclic) bond motifs is 1. The van der Waals surface area contributed by atoms with Crippen LogP contribution in [0.2, 0.25) is 0 Å². The van der Waals surface area contributed by atoms with Crippen molar-refractivity contribution in [1.29, 1.82) is 0 Å². The van der Waals surface area contributed by atoms with E-state index in [2.05, 4.69) is 46.2 Å². The largest absolute Gasteiger partial charge is 0.379 e. The van der Waals surface area contributed by atoms with Gasteiger partial charge >= 0.3 is 0 Å². The van der Waals surface area contributed by atoms with E-state index < -0.39 is 0 Å². The molecule has 2 aliphatic rings. The van der Waals surface area contributed by atoms with Crippen LogP contribution in [-0.4, -0.2) is 73.4 Å². The van der Waals surface area contributed by atoms with Gasteiger partial charge in [-0.15, -0.1) is 0 Å². The minimum atomic E-state index is 0.279. The second-order valence-electron chi connectivity index (χ2n) is 6.99. The first-order chi connectivity index (χ1) is 12.4. The zero-order valence-electron chi connectivity index (χ0n) is 14.8. The van der Waals surface area contributed by atoms with Crippen LogP contribution in [-0.2, 0) is 16.0 Å². The number of morpholine rings is 1. The van der Waals surface area contributed by atoms with E-state index in [1.807, 2.05) is 0 Å². The highest BCUT2D eigenvalue weighted by Gasteiger charge is 2.22. The van der Waals surface area contributed by atoms with E-state index >= 15 is 0 Å². The summed E-state index contributed by atoms with van der Waals surface area (Å²) in [5.74, 6) is 0. The second kappa shape index (κ2) is 8.23. The third kappa shape index (κ3) is 4.55. The molecule has 0 amide bonds. The van der Waals surface area contributed by atoms with Gasteiger partial charge in [-0.2, -0.15) is 0 Å². The van der Waals surface area contributed by atoms with Gasteiger partial charge in [-0.3, -0.25) is 14.8 Å². The molecule has 1 aromatic heterocycles. The van der Waals surface area contributed by atoms with Crippen LogP contribution in [0.4, 0.5) is 0 Å². The summed E-state index contributed by atoms with van der Waals surface area (Å²) in [7, 11) is 0. The number of aromatic nitrogens is 1. The van der Waals surface area contributed by atoms with Crippen LogP contribution in [0.25, 0.3) is 10.9 Å². The van der Waals surface area contributed by atoms with Crippen LogP contribution < -0.4 is 0 Å². The molecule has 2 fully saturated rings. The van der Waals surface area contributed by atoms with Crippen LogP contribution in [0, 0.1) is 0 Å². The lowest BCUT2D eigenvalue weighted by molar-refractivity contribution is -0.0123. The number of benzene rings is 1. The van der Waals surface area contributed by atoms with Crippen LogP contribution >= 0.6 is 0 Å². The first kappa shape index (κ1) is 16.9. The molecule has 0 saturated carbocycles. The van der Waals surface area contributed by atoms with Crippen molar-refractivity contribution in [3.63, 3.8) is 0 Å². The zero-order chi connectivity index (χ0) is 16.9. The summed E-state index contributed by atoms with van der Waals surface area (Å²) in [6.45, 7) is 8.54. The van der Waals surface area contributed by atoms with Crippen LogP contribution in [0.1, 0.15) is 12.1 Å². The van der Waals surface area contributed by atoms with Gasteiger partial charge in [0.1, 0.15) is 0 Å². The van der Waals surface area contributed by atoms with Crippen molar-refractivity contribution in [3.05, 3.63) is 42.1 Å². The molecule has 4 rings (SSSR count). The van der Waals surface area contributed by atoms with Crippen molar-refractivity contribution in [3.8, 4) is 0 Å². The molecule has 2 aliphatic heterocycles. The van der Waals surface area contributed by atoms with Gasteiger partial charge in [0.15, 0.2) is 0 Å². The number of ether oxygens (including phenoxy) is 2. The van der Waals surface area contributed by atoms with Crippen molar-refractivity contribution in [2.24, 2.45) is 0 Å². The first-order valence-corrected chi connectivity index (χ1v) is 9.35. The van der Waals surface area contributed by atoms with E-state index in [0.29, 0.717) is 0 Å². The maximum atomic E-state index is 6.10. The average Bonchev–Trinajstić information content (AvgIpc) is 2.87. The molecule has 0 N–H and O–H groups in total.